The summed E-state index contributed by atoms with van der Waals surface area (Å²) in [6.07, 6.45) is 1.60. The molecule has 22 heavy (non-hydrogen) atoms. The minimum absolute atomic E-state index is 0.0282. The molecule has 1 aliphatic rings. The van der Waals surface area contributed by atoms with E-state index in [9.17, 15) is 18.8 Å². The highest BCUT2D eigenvalue weighted by molar-refractivity contribution is 6.09. The van der Waals surface area contributed by atoms with E-state index in [2.05, 4.69) is 0 Å². The van der Waals surface area contributed by atoms with E-state index in [-0.39, 0.29) is 41.4 Å². The third-order valence-electron chi connectivity index (χ3n) is 3.84. The molecule has 0 amide bonds. The van der Waals surface area contributed by atoms with Gasteiger partial charge in [-0.25, -0.2) is 9.18 Å². The molecule has 1 atom stereocenters. The van der Waals surface area contributed by atoms with Crippen molar-refractivity contribution in [2.45, 2.75) is 26.3 Å². The first-order valence-electron chi connectivity index (χ1n) is 7.02. The number of hydrogen-bond donors (Lipinski definition) is 0. The van der Waals surface area contributed by atoms with Crippen LogP contribution in [0.3, 0.4) is 0 Å². The number of carbonyl (C=O) groups excluding carboxylic acids is 2. The average Bonchev–Trinajstić information content (AvgIpc) is 2.46. The topological polar surface area (TPSA) is 65.4 Å². The third-order valence-corrected chi connectivity index (χ3v) is 3.84. The fraction of sp³-hybridized carbons (Fsp3) is 0.312. The number of Topliss-reactive ketones (excluding diaryl/α,β-unsaturated/α-hetero) is 1. The minimum atomic E-state index is -0.743. The fourth-order valence-corrected chi connectivity index (χ4v) is 2.85. The first-order chi connectivity index (χ1) is 10.4. The number of pyridine rings is 1. The summed E-state index contributed by atoms with van der Waals surface area (Å²) < 4.78 is 20.3. The molecule has 0 fully saturated rings. The highest BCUT2D eigenvalue weighted by Gasteiger charge is 2.28. The van der Waals surface area contributed by atoms with Crippen molar-refractivity contribution in [2.75, 3.05) is 6.61 Å². The lowest BCUT2D eigenvalue weighted by molar-refractivity contribution is 0.0524. The smallest absolute Gasteiger partial charge is 0.343 e. The Hall–Kier alpha value is -2.50. The lowest BCUT2D eigenvalue weighted by atomic mass is 9.95. The molecule has 2 aromatic rings. The zero-order valence-corrected chi connectivity index (χ0v) is 12.2. The molecular formula is C16H14FNO4. The van der Waals surface area contributed by atoms with Gasteiger partial charge in [0.1, 0.15) is 11.4 Å². The van der Waals surface area contributed by atoms with Crippen LogP contribution in [-0.2, 0) is 4.74 Å². The van der Waals surface area contributed by atoms with Gasteiger partial charge in [0.05, 0.1) is 17.5 Å². The number of carbonyl (C=O) groups is 2. The van der Waals surface area contributed by atoms with Gasteiger partial charge in [0.2, 0.25) is 5.43 Å². The van der Waals surface area contributed by atoms with Crippen molar-refractivity contribution in [3.63, 3.8) is 0 Å². The second-order valence-corrected chi connectivity index (χ2v) is 5.33. The molecule has 0 N–H and O–H groups in total. The second-order valence-electron chi connectivity index (χ2n) is 5.33. The van der Waals surface area contributed by atoms with Gasteiger partial charge >= 0.3 is 5.97 Å². The van der Waals surface area contributed by atoms with Crippen LogP contribution in [0.15, 0.2) is 23.1 Å². The second kappa shape index (κ2) is 5.05. The molecule has 0 aliphatic carbocycles. The number of hydrogen-bond acceptors (Lipinski definition) is 4. The van der Waals surface area contributed by atoms with Crippen LogP contribution in [-0.4, -0.2) is 22.9 Å². The Morgan fingerprint density at radius 3 is 2.82 bits per heavy atom. The fourth-order valence-electron chi connectivity index (χ4n) is 2.85. The van der Waals surface area contributed by atoms with E-state index in [1.54, 1.807) is 11.5 Å². The van der Waals surface area contributed by atoms with Crippen LogP contribution >= 0.6 is 0 Å². The third kappa shape index (κ3) is 2.03. The highest BCUT2D eigenvalue weighted by atomic mass is 19.1. The first kappa shape index (κ1) is 14.4. The molecule has 1 aromatic carbocycles. The van der Waals surface area contributed by atoms with Crippen LogP contribution in [0.5, 0.6) is 0 Å². The van der Waals surface area contributed by atoms with Crippen molar-refractivity contribution in [1.82, 2.24) is 4.57 Å². The van der Waals surface area contributed by atoms with Gasteiger partial charge in [-0.2, -0.15) is 0 Å². The van der Waals surface area contributed by atoms with E-state index in [0.717, 1.165) is 12.1 Å². The van der Waals surface area contributed by atoms with Crippen molar-refractivity contribution >= 4 is 22.7 Å². The predicted octanol–water partition coefficient (Wildman–Crippen LogP) is 2.46. The molecule has 3 rings (SSSR count). The van der Waals surface area contributed by atoms with E-state index in [0.29, 0.717) is 5.52 Å². The molecule has 1 aromatic heterocycles. The van der Waals surface area contributed by atoms with Crippen molar-refractivity contribution < 1.29 is 18.7 Å². The Balaban J connectivity index is 2.42. The van der Waals surface area contributed by atoms with E-state index >= 15 is 0 Å². The first-order valence-corrected chi connectivity index (χ1v) is 7.02. The summed E-state index contributed by atoms with van der Waals surface area (Å²) in [5.41, 5.74) is -0.205. The molecule has 1 aliphatic heterocycles. The van der Waals surface area contributed by atoms with Gasteiger partial charge in [-0.3, -0.25) is 9.59 Å². The zero-order valence-electron chi connectivity index (χ0n) is 12.2. The number of aromatic nitrogens is 1. The summed E-state index contributed by atoms with van der Waals surface area (Å²) in [5, 5.41) is 0.0282. The molecule has 0 saturated heterocycles. The molecule has 114 valence electrons. The molecule has 5 nitrogen and oxygen atoms in total. The number of nitrogens with zero attached hydrogens (tertiary/aromatic N) is 1. The molecule has 2 heterocycles. The van der Waals surface area contributed by atoms with Crippen LogP contribution in [0.4, 0.5) is 4.39 Å². The Morgan fingerprint density at radius 2 is 2.14 bits per heavy atom. The largest absolute Gasteiger partial charge is 0.462 e. The van der Waals surface area contributed by atoms with Crippen LogP contribution in [0.2, 0.25) is 0 Å². The maximum Gasteiger partial charge on any atom is 0.343 e. The minimum Gasteiger partial charge on any atom is -0.462 e. The summed E-state index contributed by atoms with van der Waals surface area (Å²) in [7, 11) is 0. The molecule has 1 unspecified atom stereocenters. The van der Waals surface area contributed by atoms with E-state index in [4.69, 9.17) is 4.74 Å². The highest BCUT2D eigenvalue weighted by Crippen LogP contribution is 2.30. The Morgan fingerprint density at radius 1 is 1.41 bits per heavy atom. The normalized spacial score (nSPS) is 16.9. The maximum atomic E-state index is 13.8. The van der Waals surface area contributed by atoms with Gasteiger partial charge in [0.15, 0.2) is 5.78 Å². The van der Waals surface area contributed by atoms with Gasteiger partial charge in [0, 0.05) is 24.2 Å². The number of ether oxygens (including phenoxy) is 1. The molecule has 0 radical (unpaired) electrons. The molecule has 0 spiro atoms. The zero-order chi connectivity index (χ0) is 16.0. The monoisotopic (exact) mass is 303 g/mol. The number of halogens is 1. The van der Waals surface area contributed by atoms with Crippen molar-refractivity contribution in [3.05, 3.63) is 45.5 Å². The van der Waals surface area contributed by atoms with Gasteiger partial charge in [-0.1, -0.05) is 0 Å². The predicted molar refractivity (Wildman–Crippen MR) is 77.8 cm³/mol. The number of esters is 1. The van der Waals surface area contributed by atoms with Gasteiger partial charge in [-0.05, 0) is 26.0 Å². The van der Waals surface area contributed by atoms with Gasteiger partial charge < -0.3 is 9.30 Å². The van der Waals surface area contributed by atoms with E-state index in [1.165, 1.54) is 6.20 Å². The molecular weight excluding hydrogens is 289 g/mol. The Bertz CT molecular complexity index is 869. The lowest BCUT2D eigenvalue weighted by Crippen LogP contribution is -2.27. The SMILES string of the molecule is CCOC(=O)c1cn2c3c(cc(F)cc3c1=O)C(=O)CC2C. The summed E-state index contributed by atoms with van der Waals surface area (Å²) in [6.45, 7) is 3.58. The number of ketones is 1. The number of rotatable bonds is 2. The molecule has 0 bridgehead atoms. The average molecular weight is 303 g/mol. The summed E-state index contributed by atoms with van der Waals surface area (Å²) in [6, 6.07) is 1.98. The van der Waals surface area contributed by atoms with Crippen LogP contribution in [0.25, 0.3) is 10.9 Å². The Labute approximate surface area is 125 Å². The van der Waals surface area contributed by atoms with E-state index < -0.39 is 17.2 Å². The molecule has 6 heteroatoms. The summed E-state index contributed by atoms with van der Waals surface area (Å²) >= 11 is 0. The quantitative estimate of drug-likeness (QED) is 0.799. The lowest BCUT2D eigenvalue weighted by Gasteiger charge is -2.25. The van der Waals surface area contributed by atoms with Crippen LogP contribution in [0.1, 0.15) is 47.0 Å². The van der Waals surface area contributed by atoms with Crippen molar-refractivity contribution in [3.8, 4) is 0 Å². The standard InChI is InChI=1S/C16H14FNO4/c1-3-22-16(21)12-7-18-8(2)4-13(19)10-5-9(17)6-11(14(10)18)15(12)20/h5-8H,3-4H2,1-2H3. The van der Waals surface area contributed by atoms with Gasteiger partial charge in [0.25, 0.3) is 0 Å². The van der Waals surface area contributed by atoms with Crippen molar-refractivity contribution in [2.24, 2.45) is 0 Å². The maximum absolute atomic E-state index is 13.8. The van der Waals surface area contributed by atoms with Gasteiger partial charge in [-0.15, -0.1) is 0 Å². The Kier molecular flexibility index (Phi) is 3.31. The summed E-state index contributed by atoms with van der Waals surface area (Å²) in [4.78, 5) is 36.5. The van der Waals surface area contributed by atoms with E-state index in [1.807, 2.05) is 6.92 Å². The van der Waals surface area contributed by atoms with Crippen LogP contribution in [0, 0.1) is 5.82 Å². The van der Waals surface area contributed by atoms with Crippen molar-refractivity contribution in [1.29, 1.82) is 0 Å². The molecule has 0 saturated carbocycles. The van der Waals surface area contributed by atoms with Crippen LogP contribution < -0.4 is 5.43 Å². The summed E-state index contributed by atoms with van der Waals surface area (Å²) in [5.74, 6) is -1.62. The number of benzene rings is 1.